The lowest BCUT2D eigenvalue weighted by Crippen LogP contribution is -2.00. The average molecular weight is 456 g/mol. The summed E-state index contributed by atoms with van der Waals surface area (Å²) in [5, 5.41) is 13.2. The molecule has 4 aromatic carbocycles. The molecular weight excluding hydrogens is 434 g/mol. The van der Waals surface area contributed by atoms with Crippen LogP contribution in [0, 0.1) is 0 Å². The van der Waals surface area contributed by atoms with Crippen molar-refractivity contribution >= 4 is 34.1 Å². The van der Waals surface area contributed by atoms with Gasteiger partial charge in [-0.1, -0.05) is 84.9 Å². The SMILES string of the molecule is CCc1ccc(-n2c(SCc3ccc4ccccc4c3)nnc2-c2ccc(Cl)cc2)cc1. The number of rotatable bonds is 6. The predicted molar refractivity (Wildman–Crippen MR) is 135 cm³/mol. The van der Waals surface area contributed by atoms with Crippen molar-refractivity contribution < 1.29 is 0 Å². The Morgan fingerprint density at radius 2 is 1.50 bits per heavy atom. The van der Waals surface area contributed by atoms with Crippen LogP contribution in [0.15, 0.2) is 96.2 Å². The van der Waals surface area contributed by atoms with Gasteiger partial charge in [0.1, 0.15) is 0 Å². The molecule has 0 aliphatic rings. The second-order valence-corrected chi connectivity index (χ2v) is 9.02. The Morgan fingerprint density at radius 3 is 2.25 bits per heavy atom. The van der Waals surface area contributed by atoms with Gasteiger partial charge in [0.25, 0.3) is 0 Å². The maximum absolute atomic E-state index is 6.11. The molecule has 0 saturated carbocycles. The number of nitrogens with zero attached hydrogens (tertiary/aromatic N) is 3. The summed E-state index contributed by atoms with van der Waals surface area (Å²) in [7, 11) is 0. The Morgan fingerprint density at radius 1 is 0.781 bits per heavy atom. The zero-order valence-electron chi connectivity index (χ0n) is 17.7. The van der Waals surface area contributed by atoms with Gasteiger partial charge in [0, 0.05) is 22.0 Å². The smallest absolute Gasteiger partial charge is 0.196 e. The summed E-state index contributed by atoms with van der Waals surface area (Å²) < 4.78 is 2.13. The highest BCUT2D eigenvalue weighted by molar-refractivity contribution is 7.98. The van der Waals surface area contributed by atoms with Crippen LogP contribution >= 0.6 is 23.4 Å². The zero-order valence-corrected chi connectivity index (χ0v) is 19.3. The largest absolute Gasteiger partial charge is 0.270 e. The number of aromatic nitrogens is 3. The van der Waals surface area contributed by atoms with Crippen LogP contribution in [0.5, 0.6) is 0 Å². The molecule has 0 fully saturated rings. The van der Waals surface area contributed by atoms with Gasteiger partial charge in [-0.05, 0) is 64.7 Å². The fourth-order valence-electron chi connectivity index (χ4n) is 3.74. The standard InChI is InChI=1S/C27H22ClN3S/c1-2-19-8-15-25(16-9-19)31-26(22-11-13-24(28)14-12-22)29-30-27(31)32-18-20-7-10-21-5-3-4-6-23(21)17-20/h3-17H,2,18H2,1H3. The van der Waals surface area contributed by atoms with E-state index in [4.69, 9.17) is 11.6 Å². The van der Waals surface area contributed by atoms with Crippen LogP contribution in [-0.4, -0.2) is 14.8 Å². The van der Waals surface area contributed by atoms with E-state index >= 15 is 0 Å². The number of benzene rings is 4. The van der Waals surface area contributed by atoms with Gasteiger partial charge in [0.15, 0.2) is 11.0 Å². The molecule has 158 valence electrons. The predicted octanol–water partition coefficient (Wildman–Crippen LogP) is 7.60. The Labute approximate surface area is 197 Å². The van der Waals surface area contributed by atoms with E-state index in [0.29, 0.717) is 5.02 Å². The number of hydrogen-bond donors (Lipinski definition) is 0. The first kappa shape index (κ1) is 20.8. The van der Waals surface area contributed by atoms with Crippen LogP contribution in [0.25, 0.3) is 27.8 Å². The molecule has 0 spiro atoms. The summed E-state index contributed by atoms with van der Waals surface area (Å²) >= 11 is 7.80. The van der Waals surface area contributed by atoms with Crippen LogP contribution in [-0.2, 0) is 12.2 Å². The molecule has 32 heavy (non-hydrogen) atoms. The van der Waals surface area contributed by atoms with E-state index in [-0.39, 0.29) is 0 Å². The van der Waals surface area contributed by atoms with E-state index in [1.165, 1.54) is 21.9 Å². The minimum Gasteiger partial charge on any atom is -0.270 e. The minimum atomic E-state index is 0.706. The molecule has 5 rings (SSSR count). The molecule has 3 nitrogen and oxygen atoms in total. The molecule has 0 aliphatic carbocycles. The van der Waals surface area contributed by atoms with Gasteiger partial charge in [0.2, 0.25) is 0 Å². The quantitative estimate of drug-likeness (QED) is 0.247. The fraction of sp³-hybridized carbons (Fsp3) is 0.111. The Kier molecular flexibility index (Phi) is 5.97. The Bertz CT molecular complexity index is 1360. The van der Waals surface area contributed by atoms with E-state index in [2.05, 4.69) is 88.4 Å². The van der Waals surface area contributed by atoms with Crippen molar-refractivity contribution in [3.8, 4) is 17.1 Å². The molecule has 0 radical (unpaired) electrons. The van der Waals surface area contributed by atoms with Gasteiger partial charge in [-0.2, -0.15) is 0 Å². The van der Waals surface area contributed by atoms with E-state index < -0.39 is 0 Å². The first-order chi connectivity index (χ1) is 15.7. The van der Waals surface area contributed by atoms with Gasteiger partial charge in [-0.3, -0.25) is 4.57 Å². The fourth-order valence-corrected chi connectivity index (χ4v) is 4.76. The first-order valence-corrected chi connectivity index (χ1v) is 12.0. The average Bonchev–Trinajstić information content (AvgIpc) is 3.27. The highest BCUT2D eigenvalue weighted by Gasteiger charge is 2.16. The molecular formula is C27H22ClN3S. The molecule has 0 saturated heterocycles. The second-order valence-electron chi connectivity index (χ2n) is 7.64. The molecule has 0 amide bonds. The van der Waals surface area contributed by atoms with E-state index in [0.717, 1.165) is 34.4 Å². The third-order valence-electron chi connectivity index (χ3n) is 5.52. The molecule has 0 atom stereocenters. The molecule has 5 heteroatoms. The molecule has 5 aromatic rings. The van der Waals surface area contributed by atoms with Crippen molar-refractivity contribution in [2.45, 2.75) is 24.3 Å². The molecule has 0 N–H and O–H groups in total. The summed E-state index contributed by atoms with van der Waals surface area (Å²) in [6.07, 6.45) is 1.01. The summed E-state index contributed by atoms with van der Waals surface area (Å²) in [4.78, 5) is 0. The van der Waals surface area contributed by atoms with Crippen LogP contribution in [0.1, 0.15) is 18.1 Å². The lowest BCUT2D eigenvalue weighted by Gasteiger charge is -2.11. The number of aryl methyl sites for hydroxylation is 1. The Hall–Kier alpha value is -3.08. The third kappa shape index (κ3) is 4.29. The van der Waals surface area contributed by atoms with Crippen LogP contribution in [0.3, 0.4) is 0 Å². The summed E-state index contributed by atoms with van der Waals surface area (Å²) in [6.45, 7) is 2.16. The molecule has 0 bridgehead atoms. The summed E-state index contributed by atoms with van der Waals surface area (Å²) in [5.74, 6) is 1.63. The van der Waals surface area contributed by atoms with Gasteiger partial charge >= 0.3 is 0 Å². The van der Waals surface area contributed by atoms with E-state index in [1.807, 2.05) is 24.3 Å². The number of hydrogen-bond acceptors (Lipinski definition) is 3. The maximum Gasteiger partial charge on any atom is 0.196 e. The van der Waals surface area contributed by atoms with Gasteiger partial charge in [-0.25, -0.2) is 0 Å². The van der Waals surface area contributed by atoms with Crippen molar-refractivity contribution in [1.29, 1.82) is 0 Å². The van der Waals surface area contributed by atoms with Crippen molar-refractivity contribution in [1.82, 2.24) is 14.8 Å². The number of halogens is 1. The third-order valence-corrected chi connectivity index (χ3v) is 6.77. The molecule has 0 aliphatic heterocycles. The lowest BCUT2D eigenvalue weighted by molar-refractivity contribution is 0.885. The minimum absolute atomic E-state index is 0.706. The van der Waals surface area contributed by atoms with Crippen molar-refractivity contribution in [3.05, 3.63) is 107 Å². The number of fused-ring (bicyclic) bond motifs is 1. The normalized spacial score (nSPS) is 11.2. The first-order valence-electron chi connectivity index (χ1n) is 10.6. The van der Waals surface area contributed by atoms with Crippen LogP contribution in [0.4, 0.5) is 0 Å². The second kappa shape index (κ2) is 9.19. The lowest BCUT2D eigenvalue weighted by atomic mass is 10.1. The molecule has 0 unspecified atom stereocenters. The van der Waals surface area contributed by atoms with Crippen LogP contribution < -0.4 is 0 Å². The zero-order chi connectivity index (χ0) is 21.9. The molecule has 1 heterocycles. The Balaban J connectivity index is 1.51. The van der Waals surface area contributed by atoms with E-state index in [9.17, 15) is 0 Å². The van der Waals surface area contributed by atoms with E-state index in [1.54, 1.807) is 11.8 Å². The topological polar surface area (TPSA) is 30.7 Å². The maximum atomic E-state index is 6.11. The number of thioether (sulfide) groups is 1. The summed E-state index contributed by atoms with van der Waals surface area (Å²) in [5.41, 5.74) is 4.61. The highest BCUT2D eigenvalue weighted by atomic mass is 35.5. The van der Waals surface area contributed by atoms with Gasteiger partial charge in [-0.15, -0.1) is 10.2 Å². The summed E-state index contributed by atoms with van der Waals surface area (Å²) in [6, 6.07) is 31.4. The molecule has 1 aromatic heterocycles. The van der Waals surface area contributed by atoms with Crippen molar-refractivity contribution in [3.63, 3.8) is 0 Å². The van der Waals surface area contributed by atoms with Crippen molar-refractivity contribution in [2.24, 2.45) is 0 Å². The monoisotopic (exact) mass is 455 g/mol. The van der Waals surface area contributed by atoms with Crippen LogP contribution in [0.2, 0.25) is 5.02 Å². The van der Waals surface area contributed by atoms with Gasteiger partial charge in [0.05, 0.1) is 0 Å². The van der Waals surface area contributed by atoms with Crippen molar-refractivity contribution in [2.75, 3.05) is 0 Å². The van der Waals surface area contributed by atoms with Gasteiger partial charge < -0.3 is 0 Å². The highest BCUT2D eigenvalue weighted by Crippen LogP contribution is 2.31.